The van der Waals surface area contributed by atoms with E-state index < -0.39 is 0 Å². The van der Waals surface area contributed by atoms with E-state index in [1.165, 1.54) is 13.3 Å². The fourth-order valence-electron chi connectivity index (χ4n) is 0.403. The summed E-state index contributed by atoms with van der Waals surface area (Å²) in [6.45, 7) is 7.43. The molecular formula is C11H24O2S. The molecule has 0 atom stereocenters. The molecule has 0 aliphatic rings. The van der Waals surface area contributed by atoms with Gasteiger partial charge < -0.3 is 0 Å². The highest BCUT2D eigenvalue weighted by Crippen LogP contribution is 1.87. The third kappa shape index (κ3) is 41.3. The van der Waals surface area contributed by atoms with E-state index in [9.17, 15) is 9.59 Å². The van der Waals surface area contributed by atoms with E-state index >= 15 is 0 Å². The van der Waals surface area contributed by atoms with E-state index in [-0.39, 0.29) is 18.0 Å². The highest BCUT2D eigenvalue weighted by molar-refractivity contribution is 7.97. The Hall–Kier alpha value is -0.310. The predicted octanol–water partition coefficient (Wildman–Crippen LogP) is 3.34. The first-order valence-electron chi connectivity index (χ1n) is 4.91. The molecule has 0 unspecified atom stereocenters. The van der Waals surface area contributed by atoms with Gasteiger partial charge in [-0.2, -0.15) is 11.8 Å². The lowest BCUT2D eigenvalue weighted by Crippen LogP contribution is -2.01. The van der Waals surface area contributed by atoms with E-state index in [1.807, 2.05) is 12.5 Å². The van der Waals surface area contributed by atoms with Crippen LogP contribution in [0.4, 0.5) is 0 Å². The fraction of sp³-hybridized carbons (Fsp3) is 0.818. The molecule has 14 heavy (non-hydrogen) atoms. The molecule has 0 saturated carbocycles. The lowest BCUT2D eigenvalue weighted by Gasteiger charge is -1.87. The number of carbonyl (C=O) groups excluding carboxylic acids is 2. The zero-order chi connectivity index (χ0) is 12.0. The Balaban J connectivity index is -0.000000168. The molecule has 0 aromatic rings. The van der Waals surface area contributed by atoms with E-state index in [0.29, 0.717) is 6.42 Å². The molecule has 0 rings (SSSR count). The van der Waals surface area contributed by atoms with Crippen molar-refractivity contribution < 1.29 is 9.59 Å². The van der Waals surface area contributed by atoms with Gasteiger partial charge in [-0.1, -0.05) is 27.2 Å². The van der Waals surface area contributed by atoms with Crippen LogP contribution in [0, 0.1) is 0 Å². The summed E-state index contributed by atoms with van der Waals surface area (Å²) in [5, 5.41) is 0. The monoisotopic (exact) mass is 220 g/mol. The van der Waals surface area contributed by atoms with Crippen LogP contribution in [-0.2, 0) is 9.59 Å². The van der Waals surface area contributed by atoms with Gasteiger partial charge in [-0.15, -0.1) is 0 Å². The van der Waals surface area contributed by atoms with Gasteiger partial charge in [0.1, 0.15) is 11.6 Å². The molecule has 0 aromatic heterocycles. The van der Waals surface area contributed by atoms with E-state index in [0.717, 1.165) is 0 Å². The third-order valence-electron chi connectivity index (χ3n) is 0.840. The lowest BCUT2D eigenvalue weighted by atomic mass is 10.2. The van der Waals surface area contributed by atoms with Crippen LogP contribution in [0.15, 0.2) is 0 Å². The van der Waals surface area contributed by atoms with Crippen LogP contribution in [0.25, 0.3) is 0 Å². The second-order valence-corrected chi connectivity index (χ2v) is 3.70. The summed E-state index contributed by atoms with van der Waals surface area (Å²) in [7, 11) is 0. The largest absolute Gasteiger partial charge is 0.300 e. The average molecular weight is 220 g/mol. The molecule has 0 aliphatic heterocycles. The maximum Gasteiger partial charge on any atom is 0.139 e. The van der Waals surface area contributed by atoms with E-state index in [2.05, 4.69) is 13.8 Å². The second-order valence-electron chi connectivity index (χ2n) is 2.89. The minimum absolute atomic E-state index is 0.0255. The molecule has 0 aromatic carbocycles. The van der Waals surface area contributed by atoms with Crippen molar-refractivity contribution in [3.8, 4) is 0 Å². The summed E-state index contributed by atoms with van der Waals surface area (Å²) >= 11 is 1.75. The molecule has 86 valence electrons. The second kappa shape index (κ2) is 18.5. The summed E-state index contributed by atoms with van der Waals surface area (Å²) < 4.78 is 0. The molecule has 0 N–H and O–H groups in total. The topological polar surface area (TPSA) is 34.1 Å². The Bertz CT molecular complexity index is 131. The van der Waals surface area contributed by atoms with Gasteiger partial charge in [0.2, 0.25) is 0 Å². The highest BCUT2D eigenvalue weighted by Gasteiger charge is 1.99. The van der Waals surface area contributed by atoms with Gasteiger partial charge >= 0.3 is 0 Å². The van der Waals surface area contributed by atoms with E-state index in [1.54, 1.807) is 18.7 Å². The van der Waals surface area contributed by atoms with Gasteiger partial charge in [-0.05, 0) is 19.4 Å². The standard InChI is InChI=1S/C6H10O2.C3H8.C2H6S/c1-3-6(8)4-5(2)7;2*1-3-2/h3-4H2,1-2H3;3H2,1-2H3;1-2H3. The Morgan fingerprint density at radius 1 is 1.07 bits per heavy atom. The quantitative estimate of drug-likeness (QED) is 0.684. The van der Waals surface area contributed by atoms with Crippen molar-refractivity contribution in [3.63, 3.8) is 0 Å². The Morgan fingerprint density at radius 3 is 1.43 bits per heavy atom. The average Bonchev–Trinajstić information content (AvgIpc) is 2.06. The lowest BCUT2D eigenvalue weighted by molar-refractivity contribution is -0.125. The SMILES string of the molecule is CCC.CCC(=O)CC(C)=O.CSC. The molecule has 0 radical (unpaired) electrons. The van der Waals surface area contributed by atoms with Crippen molar-refractivity contribution >= 4 is 23.3 Å². The van der Waals surface area contributed by atoms with Crippen molar-refractivity contribution in [1.29, 1.82) is 0 Å². The first kappa shape index (κ1) is 19.3. The number of thioether (sulfide) groups is 1. The first-order chi connectivity index (χ1) is 6.49. The Kier molecular flexibility index (Phi) is 25.4. The minimum Gasteiger partial charge on any atom is -0.300 e. The van der Waals surface area contributed by atoms with Crippen LogP contribution in [-0.4, -0.2) is 24.1 Å². The van der Waals surface area contributed by atoms with Crippen LogP contribution in [0.2, 0.25) is 0 Å². The van der Waals surface area contributed by atoms with Crippen molar-refractivity contribution in [2.24, 2.45) is 0 Å². The van der Waals surface area contributed by atoms with Crippen LogP contribution >= 0.6 is 11.8 Å². The molecule has 0 aliphatic carbocycles. The maximum absolute atomic E-state index is 10.4. The molecule has 0 heterocycles. The van der Waals surface area contributed by atoms with Crippen molar-refractivity contribution in [2.45, 2.75) is 47.0 Å². The molecule has 0 saturated heterocycles. The number of Topliss-reactive ketones (excluding diaryl/α,β-unsaturated/α-hetero) is 2. The minimum atomic E-state index is -0.0446. The number of ketones is 2. The summed E-state index contributed by atoms with van der Waals surface area (Å²) in [6.07, 6.45) is 5.91. The van der Waals surface area contributed by atoms with Crippen LogP contribution in [0.1, 0.15) is 47.0 Å². The van der Waals surface area contributed by atoms with Gasteiger partial charge in [0, 0.05) is 6.42 Å². The van der Waals surface area contributed by atoms with E-state index in [4.69, 9.17) is 0 Å². The van der Waals surface area contributed by atoms with Crippen molar-refractivity contribution in [1.82, 2.24) is 0 Å². The number of hydrogen-bond acceptors (Lipinski definition) is 3. The van der Waals surface area contributed by atoms with Gasteiger partial charge in [0.05, 0.1) is 6.42 Å². The highest BCUT2D eigenvalue weighted by atomic mass is 32.2. The summed E-state index contributed by atoms with van der Waals surface area (Å²) in [6, 6.07) is 0. The predicted molar refractivity (Wildman–Crippen MR) is 66.0 cm³/mol. The molecule has 0 fully saturated rings. The first-order valence-corrected chi connectivity index (χ1v) is 6.54. The molecule has 2 nitrogen and oxygen atoms in total. The van der Waals surface area contributed by atoms with Gasteiger partial charge in [0.15, 0.2) is 0 Å². The summed E-state index contributed by atoms with van der Waals surface area (Å²) in [5.74, 6) is -0.0191. The van der Waals surface area contributed by atoms with Gasteiger partial charge in [0.25, 0.3) is 0 Å². The fourth-order valence-corrected chi connectivity index (χ4v) is 0.403. The Morgan fingerprint density at radius 2 is 1.36 bits per heavy atom. The summed E-state index contributed by atoms with van der Waals surface area (Å²) in [4.78, 5) is 20.6. The zero-order valence-corrected chi connectivity index (χ0v) is 11.2. The van der Waals surface area contributed by atoms with Crippen LogP contribution < -0.4 is 0 Å². The normalized spacial score (nSPS) is 7.57. The number of rotatable bonds is 3. The smallest absolute Gasteiger partial charge is 0.139 e. The van der Waals surface area contributed by atoms with Crippen molar-refractivity contribution in [3.05, 3.63) is 0 Å². The number of hydrogen-bond donors (Lipinski definition) is 0. The maximum atomic E-state index is 10.4. The summed E-state index contributed by atoms with van der Waals surface area (Å²) in [5.41, 5.74) is 0. The number of carbonyl (C=O) groups is 2. The molecule has 0 amide bonds. The molecule has 3 heteroatoms. The molecule has 0 spiro atoms. The zero-order valence-electron chi connectivity index (χ0n) is 10.3. The third-order valence-corrected chi connectivity index (χ3v) is 0.840. The molecule has 0 bridgehead atoms. The Labute approximate surface area is 92.8 Å². The van der Waals surface area contributed by atoms with Crippen LogP contribution in [0.5, 0.6) is 0 Å². The van der Waals surface area contributed by atoms with Gasteiger partial charge in [-0.3, -0.25) is 9.59 Å². The van der Waals surface area contributed by atoms with Crippen LogP contribution in [0.3, 0.4) is 0 Å². The van der Waals surface area contributed by atoms with Gasteiger partial charge in [-0.25, -0.2) is 0 Å². The van der Waals surface area contributed by atoms with Crippen molar-refractivity contribution in [2.75, 3.05) is 12.5 Å². The molecular weight excluding hydrogens is 196 g/mol.